The van der Waals surface area contributed by atoms with Crippen molar-refractivity contribution in [3.63, 3.8) is 0 Å². The number of carbonyl (C=O) groups is 3. The summed E-state index contributed by atoms with van der Waals surface area (Å²) in [6, 6.07) is 12.4. The first-order chi connectivity index (χ1) is 17.4. The zero-order chi connectivity index (χ0) is 25.7. The predicted molar refractivity (Wildman–Crippen MR) is 134 cm³/mol. The van der Waals surface area contributed by atoms with Crippen molar-refractivity contribution in [1.29, 1.82) is 0 Å². The number of nitrogens with zero attached hydrogens (tertiary/aromatic N) is 2. The molecule has 0 atom stereocenters. The number of amides is 3. The molecule has 0 bridgehead atoms. The van der Waals surface area contributed by atoms with E-state index in [2.05, 4.69) is 10.6 Å². The average Bonchev–Trinajstić information content (AvgIpc) is 3.22. The van der Waals surface area contributed by atoms with Crippen molar-refractivity contribution in [2.75, 3.05) is 47.0 Å². The van der Waals surface area contributed by atoms with E-state index in [4.69, 9.17) is 14.2 Å². The Labute approximate surface area is 209 Å². The minimum absolute atomic E-state index is 0.109. The first-order valence-electron chi connectivity index (χ1n) is 11.7. The molecule has 0 aliphatic carbocycles. The number of ether oxygens (including phenoxy) is 3. The zero-order valence-electron chi connectivity index (χ0n) is 20.6. The molecular weight excluding hydrogens is 464 g/mol. The third kappa shape index (κ3) is 5.37. The second-order valence-electron chi connectivity index (χ2n) is 8.41. The maximum absolute atomic E-state index is 13.5. The maximum Gasteiger partial charge on any atom is 0.270 e. The molecule has 0 spiro atoms. The van der Waals surface area contributed by atoms with Gasteiger partial charge in [0.2, 0.25) is 5.91 Å². The molecule has 0 unspecified atom stereocenters. The smallest absolute Gasteiger partial charge is 0.270 e. The summed E-state index contributed by atoms with van der Waals surface area (Å²) in [5, 5.41) is 6.52. The van der Waals surface area contributed by atoms with E-state index in [1.165, 1.54) is 12.0 Å². The van der Waals surface area contributed by atoms with Crippen molar-refractivity contribution >= 4 is 28.6 Å². The van der Waals surface area contributed by atoms with Crippen molar-refractivity contribution < 1.29 is 28.6 Å². The van der Waals surface area contributed by atoms with Crippen LogP contribution in [-0.2, 0) is 11.8 Å². The third-order valence-corrected chi connectivity index (χ3v) is 6.10. The van der Waals surface area contributed by atoms with Gasteiger partial charge in [0.05, 0.1) is 32.9 Å². The fraction of sp³-hybridized carbons (Fsp3) is 0.346. The van der Waals surface area contributed by atoms with E-state index in [1.807, 2.05) is 25.2 Å². The van der Waals surface area contributed by atoms with Gasteiger partial charge in [-0.1, -0.05) is 0 Å². The molecule has 0 fully saturated rings. The van der Waals surface area contributed by atoms with Gasteiger partial charge in [-0.2, -0.15) is 0 Å². The van der Waals surface area contributed by atoms with Gasteiger partial charge in [-0.05, 0) is 42.8 Å². The van der Waals surface area contributed by atoms with Crippen LogP contribution in [0.5, 0.6) is 17.2 Å². The molecule has 10 heteroatoms. The Balaban J connectivity index is 1.53. The lowest BCUT2D eigenvalue weighted by atomic mass is 10.1. The summed E-state index contributed by atoms with van der Waals surface area (Å²) >= 11 is 0. The van der Waals surface area contributed by atoms with E-state index in [9.17, 15) is 14.4 Å². The van der Waals surface area contributed by atoms with Crippen LogP contribution in [0.15, 0.2) is 42.5 Å². The fourth-order valence-electron chi connectivity index (χ4n) is 4.16. The lowest BCUT2D eigenvalue weighted by Crippen LogP contribution is -2.43. The number of nitrogens with one attached hydrogen (secondary N) is 2. The maximum atomic E-state index is 13.5. The number of benzene rings is 2. The largest absolute Gasteiger partial charge is 0.497 e. The van der Waals surface area contributed by atoms with Crippen molar-refractivity contribution in [2.24, 2.45) is 7.05 Å². The van der Waals surface area contributed by atoms with Gasteiger partial charge in [0.1, 0.15) is 29.5 Å². The Morgan fingerprint density at radius 3 is 2.50 bits per heavy atom. The van der Waals surface area contributed by atoms with Crippen LogP contribution in [0.4, 0.5) is 0 Å². The molecule has 3 amide bonds. The molecule has 0 saturated carbocycles. The van der Waals surface area contributed by atoms with Crippen LogP contribution in [0.25, 0.3) is 10.9 Å². The summed E-state index contributed by atoms with van der Waals surface area (Å²) in [4.78, 5) is 40.4. The molecular formula is C26H30N4O6. The zero-order valence-corrected chi connectivity index (χ0v) is 20.6. The molecule has 2 N–H and O–H groups in total. The first kappa shape index (κ1) is 24.9. The average molecular weight is 495 g/mol. The van der Waals surface area contributed by atoms with Crippen LogP contribution in [0.3, 0.4) is 0 Å². The highest BCUT2D eigenvalue weighted by Gasteiger charge is 2.23. The molecule has 10 nitrogen and oxygen atoms in total. The Bertz CT molecular complexity index is 1280. The Morgan fingerprint density at radius 1 is 0.972 bits per heavy atom. The molecule has 2 heterocycles. The lowest BCUT2D eigenvalue weighted by Gasteiger charge is -2.23. The van der Waals surface area contributed by atoms with Crippen LogP contribution in [0.1, 0.15) is 27.3 Å². The minimum atomic E-state index is -0.292. The standard InChI is InChI=1S/C26H30N4O6/c1-29-21-8-6-18(34-2)13-17(21)14-22(29)26(33)30-11-4-9-28-25(32)20-7-5-19(35-3)15-23(20)36-12-10-27-24(31)16-30/h5-8,13-15H,4,9-12,16H2,1-3H3,(H,27,31)(H,28,32). The second kappa shape index (κ2) is 11.0. The van der Waals surface area contributed by atoms with Crippen LogP contribution < -0.4 is 24.8 Å². The Hall–Kier alpha value is -4.21. The molecule has 1 aliphatic heterocycles. The quantitative estimate of drug-likeness (QED) is 0.576. The van der Waals surface area contributed by atoms with Gasteiger partial charge >= 0.3 is 0 Å². The highest BCUT2D eigenvalue weighted by molar-refractivity contribution is 6.00. The summed E-state index contributed by atoms with van der Waals surface area (Å²) in [7, 11) is 4.94. The predicted octanol–water partition coefficient (Wildman–Crippen LogP) is 1.97. The molecule has 2 aromatic carbocycles. The van der Waals surface area contributed by atoms with Crippen LogP contribution >= 0.6 is 0 Å². The van der Waals surface area contributed by atoms with E-state index in [-0.39, 0.29) is 37.4 Å². The third-order valence-electron chi connectivity index (χ3n) is 6.10. The second-order valence-corrected chi connectivity index (χ2v) is 8.41. The Kier molecular flexibility index (Phi) is 7.62. The van der Waals surface area contributed by atoms with Crippen LogP contribution in [0, 0.1) is 0 Å². The van der Waals surface area contributed by atoms with Gasteiger partial charge in [0.25, 0.3) is 11.8 Å². The summed E-state index contributed by atoms with van der Waals surface area (Å²) in [6.45, 7) is 0.874. The SMILES string of the molecule is COc1ccc2c(c1)OCCNC(=O)CN(C(=O)c1cc3cc(OC)ccc3n1C)CCCNC2=O. The van der Waals surface area contributed by atoms with Gasteiger partial charge < -0.3 is 34.3 Å². The van der Waals surface area contributed by atoms with E-state index in [1.54, 1.807) is 35.9 Å². The van der Waals surface area contributed by atoms with Crippen molar-refractivity contribution in [1.82, 2.24) is 20.1 Å². The summed E-state index contributed by atoms with van der Waals surface area (Å²) in [6.07, 6.45) is 0.467. The van der Waals surface area contributed by atoms with Gasteiger partial charge in [-0.25, -0.2) is 0 Å². The van der Waals surface area contributed by atoms with Crippen molar-refractivity contribution in [2.45, 2.75) is 6.42 Å². The van der Waals surface area contributed by atoms with E-state index >= 15 is 0 Å². The van der Waals surface area contributed by atoms with E-state index < -0.39 is 0 Å². The Morgan fingerprint density at radius 2 is 1.72 bits per heavy atom. The minimum Gasteiger partial charge on any atom is -0.497 e. The molecule has 0 radical (unpaired) electrons. The number of carbonyl (C=O) groups excluding carboxylic acids is 3. The molecule has 36 heavy (non-hydrogen) atoms. The molecule has 1 aromatic heterocycles. The lowest BCUT2D eigenvalue weighted by molar-refractivity contribution is -0.121. The van der Waals surface area contributed by atoms with E-state index in [0.29, 0.717) is 48.0 Å². The molecule has 1 aliphatic rings. The van der Waals surface area contributed by atoms with Crippen LogP contribution in [-0.4, -0.2) is 74.2 Å². The fourth-order valence-corrected chi connectivity index (χ4v) is 4.16. The number of fused-ring (bicyclic) bond motifs is 2. The normalized spacial score (nSPS) is 15.2. The highest BCUT2D eigenvalue weighted by atomic mass is 16.5. The summed E-state index contributed by atoms with van der Waals surface area (Å²) in [5.41, 5.74) is 1.71. The molecule has 0 saturated heterocycles. The molecule has 190 valence electrons. The monoisotopic (exact) mass is 494 g/mol. The number of hydrogen-bond donors (Lipinski definition) is 2. The molecule has 3 aromatic rings. The van der Waals surface area contributed by atoms with E-state index in [0.717, 1.165) is 10.9 Å². The van der Waals surface area contributed by atoms with Gasteiger partial charge in [-0.3, -0.25) is 14.4 Å². The van der Waals surface area contributed by atoms with Gasteiger partial charge in [0.15, 0.2) is 0 Å². The number of rotatable bonds is 3. The number of hydrogen-bond acceptors (Lipinski definition) is 6. The molecule has 4 rings (SSSR count). The summed E-state index contributed by atoms with van der Waals surface area (Å²) < 4.78 is 18.1. The van der Waals surface area contributed by atoms with Crippen molar-refractivity contribution in [3.05, 3.63) is 53.7 Å². The number of methoxy groups -OCH3 is 2. The van der Waals surface area contributed by atoms with Crippen LogP contribution in [0.2, 0.25) is 0 Å². The topological polar surface area (TPSA) is 111 Å². The number of aryl methyl sites for hydroxylation is 1. The highest BCUT2D eigenvalue weighted by Crippen LogP contribution is 2.26. The van der Waals surface area contributed by atoms with Gasteiger partial charge in [-0.15, -0.1) is 0 Å². The van der Waals surface area contributed by atoms with Gasteiger partial charge in [0, 0.05) is 37.1 Å². The van der Waals surface area contributed by atoms with Crippen molar-refractivity contribution in [3.8, 4) is 17.2 Å². The summed E-state index contributed by atoms with van der Waals surface area (Å²) in [5.74, 6) is 0.793. The number of aromatic nitrogens is 1. The first-order valence-corrected chi connectivity index (χ1v) is 11.7.